The highest BCUT2D eigenvalue weighted by Gasteiger charge is 2.16. The Labute approximate surface area is 166 Å². The lowest BCUT2D eigenvalue weighted by atomic mass is 10.1. The van der Waals surface area contributed by atoms with Crippen LogP contribution in [0.3, 0.4) is 0 Å². The molecule has 0 unspecified atom stereocenters. The van der Waals surface area contributed by atoms with E-state index < -0.39 is 5.24 Å². The Morgan fingerprint density at radius 1 is 1.25 bits per heavy atom. The Morgan fingerprint density at radius 3 is 2.75 bits per heavy atom. The number of benzene rings is 1. The van der Waals surface area contributed by atoms with Crippen LogP contribution in [0.15, 0.2) is 36.7 Å². The number of hydrogen-bond acceptors (Lipinski definition) is 8. The first-order valence-electron chi connectivity index (χ1n) is 8.47. The van der Waals surface area contributed by atoms with Crippen LogP contribution in [0.2, 0.25) is 0 Å². The lowest BCUT2D eigenvalue weighted by Crippen LogP contribution is -2.07. The molecule has 4 N–H and O–H groups in total. The van der Waals surface area contributed by atoms with Crippen LogP contribution in [0, 0.1) is 0 Å². The number of aromatic amines is 1. The van der Waals surface area contributed by atoms with Gasteiger partial charge in [0.1, 0.15) is 23.0 Å². The van der Waals surface area contributed by atoms with E-state index in [1.165, 1.54) is 12.4 Å². The van der Waals surface area contributed by atoms with Gasteiger partial charge in [0, 0.05) is 6.07 Å². The summed E-state index contributed by atoms with van der Waals surface area (Å²) in [4.78, 5) is 19.1. The average molecular weight is 403 g/mol. The molecule has 0 aliphatic carbocycles. The number of methoxy groups -OCH3 is 1. The monoisotopic (exact) mass is 402 g/mol. The van der Waals surface area contributed by atoms with Crippen molar-refractivity contribution in [2.24, 2.45) is 5.73 Å². The van der Waals surface area contributed by atoms with Crippen LogP contribution in [-0.4, -0.2) is 45.7 Å². The molecule has 2 heterocycles. The van der Waals surface area contributed by atoms with Gasteiger partial charge in [-0.25, -0.2) is 9.97 Å². The molecule has 0 spiro atoms. The van der Waals surface area contributed by atoms with Crippen LogP contribution in [0.1, 0.15) is 16.9 Å². The zero-order valence-electron chi connectivity index (χ0n) is 15.1. The van der Waals surface area contributed by atoms with Crippen molar-refractivity contribution in [1.82, 2.24) is 20.2 Å². The van der Waals surface area contributed by atoms with E-state index in [4.69, 9.17) is 26.8 Å². The second-order valence-corrected chi connectivity index (χ2v) is 6.02. The number of hydrogen-bond donors (Lipinski definition) is 3. The van der Waals surface area contributed by atoms with Crippen molar-refractivity contribution in [3.05, 3.63) is 42.4 Å². The van der Waals surface area contributed by atoms with Gasteiger partial charge in [-0.3, -0.25) is 9.89 Å². The van der Waals surface area contributed by atoms with E-state index in [1.807, 2.05) is 18.2 Å². The summed E-state index contributed by atoms with van der Waals surface area (Å²) >= 11 is 5.37. The molecule has 0 aliphatic rings. The molecular weight excluding hydrogens is 384 g/mol. The summed E-state index contributed by atoms with van der Waals surface area (Å²) in [5.74, 6) is 2.23. The summed E-state index contributed by atoms with van der Waals surface area (Å²) in [7, 11) is 1.59. The van der Waals surface area contributed by atoms with Crippen molar-refractivity contribution in [1.29, 1.82) is 0 Å². The lowest BCUT2D eigenvalue weighted by Gasteiger charge is -2.13. The Kier molecular flexibility index (Phi) is 6.41. The molecule has 3 rings (SSSR count). The van der Waals surface area contributed by atoms with E-state index in [1.54, 1.807) is 13.2 Å². The molecule has 9 nitrogen and oxygen atoms in total. The van der Waals surface area contributed by atoms with Crippen LogP contribution >= 0.6 is 11.6 Å². The van der Waals surface area contributed by atoms with Gasteiger partial charge in [0.2, 0.25) is 0 Å². The fraction of sp³-hybridized carbons (Fsp3) is 0.222. The van der Waals surface area contributed by atoms with Crippen LogP contribution in [-0.2, 0) is 0 Å². The maximum absolute atomic E-state index is 11.1. The number of H-pyrrole nitrogens is 1. The summed E-state index contributed by atoms with van der Waals surface area (Å²) in [6.07, 6.45) is 3.43. The van der Waals surface area contributed by atoms with E-state index >= 15 is 0 Å². The first-order valence-corrected chi connectivity index (χ1v) is 8.84. The largest absolute Gasteiger partial charge is 0.496 e. The van der Waals surface area contributed by atoms with Gasteiger partial charge in [-0.1, -0.05) is 6.07 Å². The van der Waals surface area contributed by atoms with Crippen molar-refractivity contribution < 1.29 is 14.3 Å². The van der Waals surface area contributed by atoms with E-state index in [2.05, 4.69) is 25.5 Å². The third kappa shape index (κ3) is 4.56. The Bertz CT molecular complexity index is 945. The second-order valence-electron chi connectivity index (χ2n) is 5.68. The smallest absolute Gasteiger partial charge is 0.272 e. The molecule has 3 aromatic rings. The molecule has 0 saturated carbocycles. The van der Waals surface area contributed by atoms with Crippen LogP contribution in [0.5, 0.6) is 11.5 Å². The van der Waals surface area contributed by atoms with Gasteiger partial charge in [-0.15, -0.1) is 0 Å². The lowest BCUT2D eigenvalue weighted by molar-refractivity contribution is 0.107. The number of anilines is 2. The fourth-order valence-electron chi connectivity index (χ4n) is 2.47. The minimum atomic E-state index is -0.667. The molecular formula is C18H19ClN6O3. The molecule has 146 valence electrons. The average Bonchev–Trinajstić information content (AvgIpc) is 3.16. The minimum Gasteiger partial charge on any atom is -0.496 e. The molecule has 1 aromatic carbocycles. The predicted octanol–water partition coefficient (Wildman–Crippen LogP) is 2.73. The highest BCUT2D eigenvalue weighted by atomic mass is 35.5. The van der Waals surface area contributed by atoms with E-state index in [0.29, 0.717) is 42.0 Å². The van der Waals surface area contributed by atoms with Gasteiger partial charge in [0.25, 0.3) is 5.24 Å². The number of rotatable bonds is 9. The number of nitrogens with zero attached hydrogens (tertiary/aromatic N) is 3. The van der Waals surface area contributed by atoms with Gasteiger partial charge < -0.3 is 20.5 Å². The number of carbonyl (C=O) groups excluding carboxylic acids is 1. The molecule has 0 bridgehead atoms. The predicted molar refractivity (Wildman–Crippen MR) is 105 cm³/mol. The van der Waals surface area contributed by atoms with Gasteiger partial charge >= 0.3 is 0 Å². The number of nitrogens with one attached hydrogen (secondary N) is 2. The number of ether oxygens (including phenoxy) is 2. The molecule has 0 amide bonds. The van der Waals surface area contributed by atoms with E-state index in [-0.39, 0.29) is 5.69 Å². The highest BCUT2D eigenvalue weighted by molar-refractivity contribution is 6.67. The zero-order valence-corrected chi connectivity index (χ0v) is 15.9. The normalized spacial score (nSPS) is 10.5. The number of halogens is 1. The van der Waals surface area contributed by atoms with Crippen molar-refractivity contribution in [3.8, 4) is 22.8 Å². The van der Waals surface area contributed by atoms with Crippen LogP contribution in [0.25, 0.3) is 11.3 Å². The van der Waals surface area contributed by atoms with Gasteiger partial charge in [-0.2, -0.15) is 5.10 Å². The molecule has 0 atom stereocenters. The molecule has 2 aromatic heterocycles. The van der Waals surface area contributed by atoms with Crippen LogP contribution < -0.4 is 20.5 Å². The van der Waals surface area contributed by atoms with E-state index in [0.717, 1.165) is 12.0 Å². The first kappa shape index (κ1) is 19.6. The first-order chi connectivity index (χ1) is 13.6. The standard InChI is InChI=1S/C18H19ClN6O3/c1-27-13-4-2-5-14(28-7-3-6-20)17(13)11-8-15(25-24-11)23-16-10-21-12(9-22-16)18(19)26/h2,4-5,8-10H,3,6-7,20H2,1H3,(H2,22,23,24,25). The molecule has 0 aliphatic heterocycles. The third-order valence-electron chi connectivity index (χ3n) is 3.77. The zero-order chi connectivity index (χ0) is 19.9. The maximum Gasteiger partial charge on any atom is 0.272 e. The fourth-order valence-corrected chi connectivity index (χ4v) is 2.57. The highest BCUT2D eigenvalue weighted by Crippen LogP contribution is 2.38. The molecule has 0 saturated heterocycles. The number of carbonyl (C=O) groups is 1. The molecule has 0 radical (unpaired) electrons. The Balaban J connectivity index is 1.83. The second kappa shape index (κ2) is 9.16. The summed E-state index contributed by atoms with van der Waals surface area (Å²) in [5, 5.41) is 9.52. The Morgan fingerprint density at radius 2 is 2.07 bits per heavy atom. The van der Waals surface area contributed by atoms with Crippen molar-refractivity contribution in [2.75, 3.05) is 25.6 Å². The SMILES string of the molecule is COc1cccc(OCCCN)c1-c1cc(Nc2cnc(C(=O)Cl)cn2)n[nH]1. The number of nitrogens with two attached hydrogens (primary N) is 1. The topological polar surface area (TPSA) is 128 Å². The minimum absolute atomic E-state index is 0.0724. The molecule has 10 heteroatoms. The van der Waals surface area contributed by atoms with Crippen molar-refractivity contribution in [2.45, 2.75) is 6.42 Å². The summed E-state index contributed by atoms with van der Waals surface area (Å²) in [5.41, 5.74) is 7.05. The molecule has 28 heavy (non-hydrogen) atoms. The Hall–Kier alpha value is -3.17. The quantitative estimate of drug-likeness (QED) is 0.368. The molecule has 0 fully saturated rings. The summed E-state index contributed by atoms with van der Waals surface area (Å²) in [6, 6.07) is 7.34. The maximum atomic E-state index is 11.1. The van der Waals surface area contributed by atoms with Gasteiger partial charge in [0.15, 0.2) is 5.82 Å². The van der Waals surface area contributed by atoms with Crippen molar-refractivity contribution >= 4 is 28.5 Å². The van der Waals surface area contributed by atoms with Gasteiger partial charge in [-0.05, 0) is 36.7 Å². The summed E-state index contributed by atoms with van der Waals surface area (Å²) in [6.45, 7) is 1.05. The third-order valence-corrected chi connectivity index (χ3v) is 3.96. The van der Waals surface area contributed by atoms with E-state index in [9.17, 15) is 4.79 Å². The summed E-state index contributed by atoms with van der Waals surface area (Å²) < 4.78 is 11.3. The number of aromatic nitrogens is 4. The van der Waals surface area contributed by atoms with Crippen molar-refractivity contribution in [3.63, 3.8) is 0 Å². The van der Waals surface area contributed by atoms with Gasteiger partial charge in [0.05, 0.1) is 37.4 Å². The van der Waals surface area contributed by atoms with Crippen LogP contribution in [0.4, 0.5) is 11.6 Å².